The Morgan fingerprint density at radius 2 is 2.04 bits per heavy atom. The van der Waals surface area contributed by atoms with Crippen molar-refractivity contribution in [1.82, 2.24) is 4.98 Å². The summed E-state index contributed by atoms with van der Waals surface area (Å²) in [6, 6.07) is 4.58. The van der Waals surface area contributed by atoms with Gasteiger partial charge in [0.1, 0.15) is 10.0 Å². The Labute approximate surface area is 151 Å². The number of pyridine rings is 1. The lowest BCUT2D eigenvalue weighted by Crippen LogP contribution is -2.05. The van der Waals surface area contributed by atoms with Crippen LogP contribution in [0.4, 0.5) is 5.69 Å². The highest BCUT2D eigenvalue weighted by molar-refractivity contribution is 6.46. The first-order valence-electron chi connectivity index (χ1n) is 6.29. The van der Waals surface area contributed by atoms with Crippen molar-refractivity contribution in [1.29, 1.82) is 0 Å². The zero-order valence-electron chi connectivity index (χ0n) is 12.0. The third-order valence-electron chi connectivity index (χ3n) is 2.83. The molecule has 10 heteroatoms. The number of phenolic OH excluding ortho intramolecular Hbond substituents is 1. The van der Waals surface area contributed by atoms with Gasteiger partial charge in [-0.05, 0) is 23.8 Å². The number of ether oxygens (including phenoxy) is 1. The maximum Gasteiger partial charge on any atom is 0.356 e. The lowest BCUT2D eigenvalue weighted by molar-refractivity contribution is 0.0691. The number of aromatic hydroxyl groups is 1. The third-order valence-corrected chi connectivity index (χ3v) is 3.94. The number of anilines is 1. The summed E-state index contributed by atoms with van der Waals surface area (Å²) < 4.78 is 4.98. The summed E-state index contributed by atoms with van der Waals surface area (Å²) in [4.78, 5) is 14.7. The maximum atomic E-state index is 11.1. The molecule has 0 aliphatic carbocycles. The van der Waals surface area contributed by atoms with Crippen LogP contribution in [0.2, 0.25) is 15.2 Å². The summed E-state index contributed by atoms with van der Waals surface area (Å²) in [5, 5.41) is 22.0. The number of carbonyl (C=O) groups is 1. The first-order chi connectivity index (χ1) is 11.3. The highest BCUT2D eigenvalue weighted by Gasteiger charge is 2.20. The highest BCUT2D eigenvalue weighted by Crippen LogP contribution is 2.36. The second-order valence-electron chi connectivity index (χ2n) is 4.36. The van der Waals surface area contributed by atoms with Crippen molar-refractivity contribution in [3.63, 3.8) is 0 Å². The number of aromatic nitrogens is 1. The quantitative estimate of drug-likeness (QED) is 0.406. The Morgan fingerprint density at radius 3 is 2.67 bits per heavy atom. The smallest absolute Gasteiger partial charge is 0.356 e. The maximum absolute atomic E-state index is 11.1. The molecule has 24 heavy (non-hydrogen) atoms. The molecule has 1 aromatic heterocycles. The van der Waals surface area contributed by atoms with Crippen LogP contribution >= 0.6 is 34.8 Å². The Balaban J connectivity index is 2.30. The molecule has 0 aliphatic rings. The highest BCUT2D eigenvalue weighted by atomic mass is 35.5. The van der Waals surface area contributed by atoms with Crippen LogP contribution in [0.1, 0.15) is 16.1 Å². The van der Waals surface area contributed by atoms with Crippen molar-refractivity contribution in [3.8, 4) is 11.5 Å². The molecular weight excluding hydrogens is 381 g/mol. The molecule has 0 spiro atoms. The van der Waals surface area contributed by atoms with Crippen molar-refractivity contribution in [2.75, 3.05) is 12.5 Å². The van der Waals surface area contributed by atoms with E-state index in [1.54, 1.807) is 12.1 Å². The van der Waals surface area contributed by atoms with Crippen LogP contribution in [0, 0.1) is 0 Å². The Bertz CT molecular complexity index is 827. The van der Waals surface area contributed by atoms with E-state index < -0.39 is 11.7 Å². The molecule has 0 unspecified atom stereocenters. The number of halogens is 3. The molecule has 7 nitrogen and oxygen atoms in total. The fraction of sp³-hybridized carbons (Fsp3) is 0.0714. The summed E-state index contributed by atoms with van der Waals surface area (Å²) in [7, 11) is 1.42. The van der Waals surface area contributed by atoms with Gasteiger partial charge in [-0.3, -0.25) is 5.43 Å². The predicted octanol–water partition coefficient (Wildman–Crippen LogP) is 3.90. The number of hydrogen-bond donors (Lipinski definition) is 3. The SMILES string of the molecule is COc1cc(C=NNc2c(Cl)c(Cl)nc(C(=O)O)c2Cl)ccc1O. The molecule has 0 bridgehead atoms. The number of carboxylic acids is 1. The standard InChI is InChI=1S/C14H10Cl3N3O4/c1-24-8-4-6(2-3-7(8)21)5-18-20-11-9(15)12(14(22)23)19-13(17)10(11)16/h2-5,21H,1H3,(H,19,20)(H,22,23). The molecule has 0 atom stereocenters. The molecule has 0 saturated heterocycles. The molecule has 0 radical (unpaired) electrons. The molecule has 1 aromatic carbocycles. The van der Waals surface area contributed by atoms with Gasteiger partial charge in [-0.25, -0.2) is 9.78 Å². The zero-order valence-corrected chi connectivity index (χ0v) is 14.3. The fourth-order valence-electron chi connectivity index (χ4n) is 1.70. The van der Waals surface area contributed by atoms with Gasteiger partial charge in [0.05, 0.1) is 19.0 Å². The van der Waals surface area contributed by atoms with Gasteiger partial charge in [-0.15, -0.1) is 0 Å². The van der Waals surface area contributed by atoms with Gasteiger partial charge in [0.2, 0.25) is 0 Å². The molecule has 0 saturated carbocycles. The molecular formula is C14H10Cl3N3O4. The average Bonchev–Trinajstić information content (AvgIpc) is 2.55. The lowest BCUT2D eigenvalue weighted by Gasteiger charge is -2.09. The lowest BCUT2D eigenvalue weighted by atomic mass is 10.2. The molecule has 1 heterocycles. The van der Waals surface area contributed by atoms with Gasteiger partial charge in [0.15, 0.2) is 22.3 Å². The minimum Gasteiger partial charge on any atom is -0.504 e. The van der Waals surface area contributed by atoms with Crippen molar-refractivity contribution < 1.29 is 19.7 Å². The second kappa shape index (κ2) is 7.57. The number of rotatable bonds is 5. The van der Waals surface area contributed by atoms with Crippen LogP contribution in [0.3, 0.4) is 0 Å². The van der Waals surface area contributed by atoms with Gasteiger partial charge in [0.25, 0.3) is 0 Å². The fourth-order valence-corrected chi connectivity index (χ4v) is 2.37. The topological polar surface area (TPSA) is 104 Å². The molecule has 0 amide bonds. The van der Waals surface area contributed by atoms with Crippen molar-refractivity contribution >= 4 is 52.7 Å². The van der Waals surface area contributed by atoms with Gasteiger partial charge >= 0.3 is 5.97 Å². The van der Waals surface area contributed by atoms with Crippen molar-refractivity contribution in [2.45, 2.75) is 0 Å². The van der Waals surface area contributed by atoms with E-state index in [-0.39, 0.29) is 32.4 Å². The van der Waals surface area contributed by atoms with E-state index in [9.17, 15) is 9.90 Å². The van der Waals surface area contributed by atoms with Gasteiger partial charge in [-0.2, -0.15) is 5.10 Å². The summed E-state index contributed by atoms with van der Waals surface area (Å²) in [6.07, 6.45) is 1.39. The summed E-state index contributed by atoms with van der Waals surface area (Å²) in [6.45, 7) is 0. The van der Waals surface area contributed by atoms with Crippen molar-refractivity contribution in [3.05, 3.63) is 44.7 Å². The van der Waals surface area contributed by atoms with Gasteiger partial charge in [-0.1, -0.05) is 34.8 Å². The number of phenols is 1. The minimum atomic E-state index is -1.35. The van der Waals surface area contributed by atoms with Crippen LogP contribution in [0.25, 0.3) is 0 Å². The van der Waals surface area contributed by atoms with E-state index in [0.29, 0.717) is 5.56 Å². The van der Waals surface area contributed by atoms with E-state index in [1.165, 1.54) is 19.4 Å². The normalized spacial score (nSPS) is 10.8. The van der Waals surface area contributed by atoms with E-state index in [4.69, 9.17) is 44.6 Å². The number of aromatic carboxylic acids is 1. The van der Waals surface area contributed by atoms with E-state index >= 15 is 0 Å². The summed E-state index contributed by atoms with van der Waals surface area (Å²) in [5.41, 5.74) is 2.70. The molecule has 2 aromatic rings. The first kappa shape index (κ1) is 18.1. The minimum absolute atomic E-state index is 0.0118. The van der Waals surface area contributed by atoms with Crippen LogP contribution < -0.4 is 10.2 Å². The largest absolute Gasteiger partial charge is 0.504 e. The van der Waals surface area contributed by atoms with Crippen LogP contribution in [-0.4, -0.2) is 34.5 Å². The number of nitrogens with one attached hydrogen (secondary N) is 1. The monoisotopic (exact) mass is 389 g/mol. The molecule has 3 N–H and O–H groups in total. The molecule has 2 rings (SSSR count). The number of nitrogens with zero attached hydrogens (tertiary/aromatic N) is 2. The summed E-state index contributed by atoms with van der Waals surface area (Å²) >= 11 is 17.7. The number of hydrogen-bond acceptors (Lipinski definition) is 6. The number of methoxy groups -OCH3 is 1. The van der Waals surface area contributed by atoms with E-state index in [2.05, 4.69) is 15.5 Å². The molecule has 0 aliphatic heterocycles. The van der Waals surface area contributed by atoms with E-state index in [1.807, 2.05) is 0 Å². The van der Waals surface area contributed by atoms with Crippen LogP contribution in [-0.2, 0) is 0 Å². The Kier molecular flexibility index (Phi) is 5.71. The van der Waals surface area contributed by atoms with E-state index in [0.717, 1.165) is 0 Å². The number of hydrazone groups is 1. The van der Waals surface area contributed by atoms with Crippen molar-refractivity contribution in [2.24, 2.45) is 5.10 Å². The molecule has 126 valence electrons. The van der Waals surface area contributed by atoms with Gasteiger partial charge in [0, 0.05) is 0 Å². The molecule has 0 fully saturated rings. The number of carboxylic acid groups (broad SMARTS) is 1. The third kappa shape index (κ3) is 3.81. The predicted molar refractivity (Wildman–Crippen MR) is 92.1 cm³/mol. The van der Waals surface area contributed by atoms with Crippen LogP contribution in [0.15, 0.2) is 23.3 Å². The average molecular weight is 391 g/mol. The van der Waals surface area contributed by atoms with Crippen LogP contribution in [0.5, 0.6) is 11.5 Å². The van der Waals surface area contributed by atoms with Gasteiger partial charge < -0.3 is 14.9 Å². The first-order valence-corrected chi connectivity index (χ1v) is 7.42. The number of benzene rings is 1. The summed E-state index contributed by atoms with van der Waals surface area (Å²) in [5.74, 6) is -1.09. The second-order valence-corrected chi connectivity index (χ2v) is 5.47. The zero-order chi connectivity index (χ0) is 17.9. The Hall–Kier alpha value is -2.22. The Morgan fingerprint density at radius 1 is 1.33 bits per heavy atom.